The van der Waals surface area contributed by atoms with Crippen molar-refractivity contribution in [3.63, 3.8) is 0 Å². The summed E-state index contributed by atoms with van der Waals surface area (Å²) in [6.07, 6.45) is 0. The number of nitrogens with zero attached hydrogens (tertiary/aromatic N) is 3. The Balaban J connectivity index is 1.65. The molecule has 4 nitrogen and oxygen atoms in total. The quantitative estimate of drug-likeness (QED) is 0.506. The van der Waals surface area contributed by atoms with E-state index in [1.165, 1.54) is 17.8 Å². The molecule has 0 spiro atoms. The SMILES string of the molecule is Cc1cc(OCc2nnc(SCc3c(F)cccc3Cl)n2C)ccc1Cl. The van der Waals surface area contributed by atoms with Crippen LogP contribution in [0.1, 0.15) is 17.0 Å². The number of ether oxygens (including phenoxy) is 1. The van der Waals surface area contributed by atoms with Crippen molar-refractivity contribution in [2.45, 2.75) is 24.4 Å². The van der Waals surface area contributed by atoms with E-state index in [0.717, 1.165) is 5.56 Å². The highest BCUT2D eigenvalue weighted by Gasteiger charge is 2.13. The zero-order chi connectivity index (χ0) is 18.7. The van der Waals surface area contributed by atoms with Crippen LogP contribution in [0.4, 0.5) is 4.39 Å². The van der Waals surface area contributed by atoms with Crippen LogP contribution >= 0.6 is 35.0 Å². The summed E-state index contributed by atoms with van der Waals surface area (Å²) < 4.78 is 21.4. The zero-order valence-corrected chi connectivity index (χ0v) is 16.5. The van der Waals surface area contributed by atoms with E-state index in [1.807, 2.05) is 30.7 Å². The molecule has 1 aromatic heterocycles. The largest absolute Gasteiger partial charge is 0.486 e. The third-order valence-electron chi connectivity index (χ3n) is 3.83. The van der Waals surface area contributed by atoms with Gasteiger partial charge in [-0.2, -0.15) is 0 Å². The summed E-state index contributed by atoms with van der Waals surface area (Å²) in [5.41, 5.74) is 1.40. The first-order valence-electron chi connectivity index (χ1n) is 7.78. The van der Waals surface area contributed by atoms with Gasteiger partial charge in [0.1, 0.15) is 18.2 Å². The second-order valence-electron chi connectivity index (χ2n) is 5.65. The van der Waals surface area contributed by atoms with Crippen LogP contribution in [0.3, 0.4) is 0 Å². The van der Waals surface area contributed by atoms with Crippen LogP contribution in [0, 0.1) is 12.7 Å². The highest BCUT2D eigenvalue weighted by molar-refractivity contribution is 7.98. The van der Waals surface area contributed by atoms with Crippen molar-refractivity contribution in [1.82, 2.24) is 14.8 Å². The fraction of sp³-hybridized carbons (Fsp3) is 0.222. The molecule has 136 valence electrons. The minimum Gasteiger partial charge on any atom is -0.486 e. The molecule has 0 saturated heterocycles. The van der Waals surface area contributed by atoms with Gasteiger partial charge in [0.15, 0.2) is 11.0 Å². The summed E-state index contributed by atoms with van der Waals surface area (Å²) >= 11 is 13.4. The molecule has 26 heavy (non-hydrogen) atoms. The molecule has 0 saturated carbocycles. The summed E-state index contributed by atoms with van der Waals surface area (Å²) in [5.74, 6) is 1.42. The van der Waals surface area contributed by atoms with Gasteiger partial charge in [-0.15, -0.1) is 10.2 Å². The monoisotopic (exact) mass is 411 g/mol. The molecule has 0 amide bonds. The molecule has 3 aromatic rings. The molecule has 3 rings (SSSR count). The molecule has 0 N–H and O–H groups in total. The standard InChI is InChI=1S/C18H16Cl2FN3OS/c1-11-8-12(6-7-14(11)19)25-9-17-22-23-18(24(17)2)26-10-13-15(20)4-3-5-16(13)21/h3-8H,9-10H2,1-2H3. The smallest absolute Gasteiger partial charge is 0.191 e. The number of aromatic nitrogens is 3. The predicted octanol–water partition coefficient (Wildman–Crippen LogP) is 5.44. The Morgan fingerprint density at radius 1 is 1.15 bits per heavy atom. The Labute approximate surface area is 165 Å². The lowest BCUT2D eigenvalue weighted by molar-refractivity contribution is 0.290. The van der Waals surface area contributed by atoms with Crippen molar-refractivity contribution >= 4 is 35.0 Å². The van der Waals surface area contributed by atoms with Crippen LogP contribution in [-0.2, 0) is 19.4 Å². The number of halogens is 3. The normalized spacial score (nSPS) is 11.0. The predicted molar refractivity (Wildman–Crippen MR) is 102 cm³/mol. The van der Waals surface area contributed by atoms with Gasteiger partial charge in [-0.3, -0.25) is 0 Å². The Bertz CT molecular complexity index is 913. The van der Waals surface area contributed by atoms with Crippen molar-refractivity contribution in [1.29, 1.82) is 0 Å². The zero-order valence-electron chi connectivity index (χ0n) is 14.2. The van der Waals surface area contributed by atoms with E-state index < -0.39 is 0 Å². The first kappa shape index (κ1) is 19.0. The van der Waals surface area contributed by atoms with E-state index in [1.54, 1.807) is 18.2 Å². The van der Waals surface area contributed by atoms with E-state index in [2.05, 4.69) is 10.2 Å². The molecule has 0 unspecified atom stereocenters. The Morgan fingerprint density at radius 3 is 2.69 bits per heavy atom. The van der Waals surface area contributed by atoms with Crippen molar-refractivity contribution in [3.05, 3.63) is 69.2 Å². The van der Waals surface area contributed by atoms with Gasteiger partial charge in [-0.05, 0) is 42.8 Å². The first-order valence-corrected chi connectivity index (χ1v) is 9.52. The van der Waals surface area contributed by atoms with Crippen LogP contribution < -0.4 is 4.74 Å². The van der Waals surface area contributed by atoms with Crippen molar-refractivity contribution in [3.8, 4) is 5.75 Å². The molecule has 0 bridgehead atoms. The molecule has 0 aliphatic carbocycles. The average molecular weight is 412 g/mol. The second kappa shape index (κ2) is 8.29. The number of benzene rings is 2. The number of rotatable bonds is 6. The lowest BCUT2D eigenvalue weighted by Crippen LogP contribution is -2.04. The molecule has 0 aliphatic rings. The van der Waals surface area contributed by atoms with Gasteiger partial charge < -0.3 is 9.30 Å². The average Bonchev–Trinajstić information content (AvgIpc) is 2.96. The van der Waals surface area contributed by atoms with Crippen molar-refractivity contribution < 1.29 is 9.13 Å². The highest BCUT2D eigenvalue weighted by Crippen LogP contribution is 2.28. The molecule has 0 aliphatic heterocycles. The van der Waals surface area contributed by atoms with Gasteiger partial charge in [0.25, 0.3) is 0 Å². The Morgan fingerprint density at radius 2 is 1.96 bits per heavy atom. The molecule has 1 heterocycles. The second-order valence-corrected chi connectivity index (χ2v) is 7.40. The lowest BCUT2D eigenvalue weighted by atomic mass is 10.2. The van der Waals surface area contributed by atoms with E-state index in [0.29, 0.717) is 38.1 Å². The van der Waals surface area contributed by atoms with Gasteiger partial charge in [0.2, 0.25) is 0 Å². The van der Waals surface area contributed by atoms with E-state index in [9.17, 15) is 4.39 Å². The van der Waals surface area contributed by atoms with E-state index in [4.69, 9.17) is 27.9 Å². The van der Waals surface area contributed by atoms with E-state index >= 15 is 0 Å². The highest BCUT2D eigenvalue weighted by atomic mass is 35.5. The number of thioether (sulfide) groups is 1. The maximum atomic E-state index is 13.9. The minimum absolute atomic E-state index is 0.269. The third-order valence-corrected chi connectivity index (χ3v) is 5.65. The summed E-state index contributed by atoms with van der Waals surface area (Å²) in [6, 6.07) is 10.1. The fourth-order valence-electron chi connectivity index (χ4n) is 2.26. The van der Waals surface area contributed by atoms with Gasteiger partial charge in [0, 0.05) is 28.4 Å². The number of aryl methyl sites for hydroxylation is 1. The van der Waals surface area contributed by atoms with Gasteiger partial charge in [-0.25, -0.2) is 4.39 Å². The third kappa shape index (κ3) is 4.31. The van der Waals surface area contributed by atoms with Gasteiger partial charge >= 0.3 is 0 Å². The topological polar surface area (TPSA) is 39.9 Å². The summed E-state index contributed by atoms with van der Waals surface area (Å²) in [6.45, 7) is 2.19. The molecule has 0 fully saturated rings. The Kier molecular flexibility index (Phi) is 6.06. The summed E-state index contributed by atoms with van der Waals surface area (Å²) in [7, 11) is 1.84. The Hall–Kier alpha value is -1.76. The van der Waals surface area contributed by atoms with Crippen molar-refractivity contribution in [2.75, 3.05) is 0 Å². The maximum Gasteiger partial charge on any atom is 0.191 e. The number of hydrogen-bond donors (Lipinski definition) is 0. The molecule has 0 atom stereocenters. The van der Waals surface area contributed by atoms with Crippen LogP contribution in [0.5, 0.6) is 5.75 Å². The van der Waals surface area contributed by atoms with Crippen LogP contribution in [0.15, 0.2) is 41.6 Å². The van der Waals surface area contributed by atoms with Gasteiger partial charge in [-0.1, -0.05) is 41.0 Å². The molecular weight excluding hydrogens is 396 g/mol. The van der Waals surface area contributed by atoms with Crippen LogP contribution in [0.25, 0.3) is 0 Å². The number of hydrogen-bond acceptors (Lipinski definition) is 4. The van der Waals surface area contributed by atoms with Crippen LogP contribution in [0.2, 0.25) is 10.0 Å². The first-order chi connectivity index (χ1) is 12.5. The molecular formula is C18H16Cl2FN3OS. The van der Waals surface area contributed by atoms with E-state index in [-0.39, 0.29) is 12.4 Å². The summed E-state index contributed by atoms with van der Waals surface area (Å²) in [4.78, 5) is 0. The van der Waals surface area contributed by atoms with Crippen molar-refractivity contribution in [2.24, 2.45) is 7.05 Å². The lowest BCUT2D eigenvalue weighted by Gasteiger charge is -2.08. The van der Waals surface area contributed by atoms with Gasteiger partial charge in [0.05, 0.1) is 0 Å². The molecule has 2 aromatic carbocycles. The summed E-state index contributed by atoms with van der Waals surface area (Å²) in [5, 5.41) is 10.0. The molecule has 8 heteroatoms. The maximum absolute atomic E-state index is 13.9. The minimum atomic E-state index is -0.325. The fourth-order valence-corrected chi connectivity index (χ4v) is 3.65. The molecule has 0 radical (unpaired) electrons. The van der Waals surface area contributed by atoms with Crippen LogP contribution in [-0.4, -0.2) is 14.8 Å².